The highest BCUT2D eigenvalue weighted by Crippen LogP contribution is 2.19. The summed E-state index contributed by atoms with van der Waals surface area (Å²) >= 11 is 0. The predicted molar refractivity (Wildman–Crippen MR) is 43.4 cm³/mol. The van der Waals surface area contributed by atoms with Gasteiger partial charge < -0.3 is 10.2 Å². The zero-order valence-corrected chi connectivity index (χ0v) is 7.03. The second kappa shape index (κ2) is 4.04. The maximum atomic E-state index is 9.30. The molecule has 11 heavy (non-hydrogen) atoms. The fraction of sp³-hybridized carbons (Fsp3) is 1.00. The van der Waals surface area contributed by atoms with E-state index in [9.17, 15) is 5.11 Å². The summed E-state index contributed by atoms with van der Waals surface area (Å²) in [5.74, 6) is 0. The van der Waals surface area contributed by atoms with E-state index in [1.807, 2.05) is 0 Å². The average molecular weight is 159 g/mol. The molecule has 1 saturated heterocycles. The fourth-order valence-electron chi connectivity index (χ4n) is 1.78. The van der Waals surface area contributed by atoms with E-state index in [-0.39, 0.29) is 12.7 Å². The summed E-state index contributed by atoms with van der Waals surface area (Å²) < 4.78 is 0. The molecule has 0 aromatic rings. The Morgan fingerprint density at radius 1 is 1.55 bits per heavy atom. The summed E-state index contributed by atoms with van der Waals surface area (Å²) in [6.07, 6.45) is 1.76. The molecule has 3 heteroatoms. The fourth-order valence-corrected chi connectivity index (χ4v) is 1.78. The molecule has 2 unspecified atom stereocenters. The summed E-state index contributed by atoms with van der Waals surface area (Å²) in [6.45, 7) is 3.75. The third-order valence-electron chi connectivity index (χ3n) is 2.36. The van der Waals surface area contributed by atoms with Crippen molar-refractivity contribution in [1.82, 2.24) is 4.90 Å². The Balaban J connectivity index is 2.37. The van der Waals surface area contributed by atoms with E-state index >= 15 is 0 Å². The van der Waals surface area contributed by atoms with Crippen molar-refractivity contribution in [1.29, 1.82) is 0 Å². The Morgan fingerprint density at radius 2 is 2.27 bits per heavy atom. The van der Waals surface area contributed by atoms with Gasteiger partial charge in [0.15, 0.2) is 0 Å². The lowest BCUT2D eigenvalue weighted by molar-refractivity contribution is 0.156. The first-order valence-corrected chi connectivity index (χ1v) is 4.31. The van der Waals surface area contributed by atoms with Crippen LogP contribution in [0.2, 0.25) is 0 Å². The lowest BCUT2D eigenvalue weighted by Crippen LogP contribution is -2.31. The highest BCUT2D eigenvalue weighted by atomic mass is 16.3. The van der Waals surface area contributed by atoms with Crippen LogP contribution in [0.15, 0.2) is 0 Å². The summed E-state index contributed by atoms with van der Waals surface area (Å²) in [6, 6.07) is 0.483. The molecule has 0 aromatic heterocycles. The first kappa shape index (κ1) is 8.97. The Labute approximate surface area is 67.6 Å². The summed E-state index contributed by atoms with van der Waals surface area (Å²) in [5, 5.41) is 18.0. The Hall–Kier alpha value is -0.120. The zero-order valence-electron chi connectivity index (χ0n) is 7.03. The molecule has 1 aliphatic rings. The molecule has 0 bridgehead atoms. The lowest BCUT2D eigenvalue weighted by Gasteiger charge is -2.21. The molecule has 0 saturated carbocycles. The first-order valence-electron chi connectivity index (χ1n) is 4.31. The average Bonchev–Trinajstić information content (AvgIpc) is 2.32. The smallest absolute Gasteiger partial charge is 0.0682 e. The second-order valence-corrected chi connectivity index (χ2v) is 3.17. The van der Waals surface area contributed by atoms with Crippen molar-refractivity contribution in [2.24, 2.45) is 0 Å². The van der Waals surface area contributed by atoms with Gasteiger partial charge in [0.2, 0.25) is 0 Å². The van der Waals surface area contributed by atoms with Crippen molar-refractivity contribution in [2.75, 3.05) is 19.7 Å². The minimum atomic E-state index is -0.175. The number of hydrogen-bond acceptors (Lipinski definition) is 3. The van der Waals surface area contributed by atoms with Gasteiger partial charge in [0.25, 0.3) is 0 Å². The number of β-amino-alcohol motifs (C(OH)–C–C–N with tert-alkyl or cyclic N) is 2. The molecular formula is C8H17NO2. The number of likely N-dealkylation sites (tertiary alicyclic amines) is 1. The summed E-state index contributed by atoms with van der Waals surface area (Å²) in [5.41, 5.74) is 0. The van der Waals surface area contributed by atoms with Crippen LogP contribution < -0.4 is 0 Å². The standard InChI is InChI=1S/C8H17NO2/c1-2-7-5-8(11)6-9(7)3-4-10/h7-8,10-11H,2-6H2,1H3. The highest BCUT2D eigenvalue weighted by Gasteiger charge is 2.28. The van der Waals surface area contributed by atoms with Crippen molar-refractivity contribution in [3.8, 4) is 0 Å². The van der Waals surface area contributed by atoms with Gasteiger partial charge in [0.1, 0.15) is 0 Å². The van der Waals surface area contributed by atoms with Gasteiger partial charge in [0, 0.05) is 19.1 Å². The van der Waals surface area contributed by atoms with Crippen LogP contribution in [0, 0.1) is 0 Å². The summed E-state index contributed by atoms with van der Waals surface area (Å²) in [7, 11) is 0. The molecule has 0 aromatic carbocycles. The van der Waals surface area contributed by atoms with E-state index in [1.165, 1.54) is 0 Å². The third-order valence-corrected chi connectivity index (χ3v) is 2.36. The van der Waals surface area contributed by atoms with Crippen LogP contribution in [0.3, 0.4) is 0 Å². The summed E-state index contributed by atoms with van der Waals surface area (Å²) in [4.78, 5) is 2.16. The molecule has 1 heterocycles. The van der Waals surface area contributed by atoms with Crippen molar-refractivity contribution >= 4 is 0 Å². The van der Waals surface area contributed by atoms with E-state index in [1.54, 1.807) is 0 Å². The number of aliphatic hydroxyl groups is 2. The van der Waals surface area contributed by atoms with Gasteiger partial charge in [-0.2, -0.15) is 0 Å². The lowest BCUT2D eigenvalue weighted by atomic mass is 10.1. The molecule has 66 valence electrons. The monoisotopic (exact) mass is 159 g/mol. The van der Waals surface area contributed by atoms with Gasteiger partial charge in [-0.1, -0.05) is 6.92 Å². The Bertz CT molecular complexity index is 119. The zero-order chi connectivity index (χ0) is 8.27. The highest BCUT2D eigenvalue weighted by molar-refractivity contribution is 4.83. The van der Waals surface area contributed by atoms with E-state index in [0.29, 0.717) is 12.6 Å². The molecule has 0 radical (unpaired) electrons. The van der Waals surface area contributed by atoms with E-state index in [0.717, 1.165) is 19.4 Å². The van der Waals surface area contributed by atoms with E-state index in [2.05, 4.69) is 11.8 Å². The molecule has 0 aliphatic carbocycles. The van der Waals surface area contributed by atoms with Crippen molar-refractivity contribution < 1.29 is 10.2 Å². The van der Waals surface area contributed by atoms with Crippen LogP contribution in [0.4, 0.5) is 0 Å². The molecule has 2 N–H and O–H groups in total. The van der Waals surface area contributed by atoms with Gasteiger partial charge in [-0.3, -0.25) is 4.90 Å². The van der Waals surface area contributed by atoms with Crippen LogP contribution in [0.1, 0.15) is 19.8 Å². The topological polar surface area (TPSA) is 43.7 Å². The minimum Gasteiger partial charge on any atom is -0.395 e. The number of hydrogen-bond donors (Lipinski definition) is 2. The van der Waals surface area contributed by atoms with E-state index < -0.39 is 0 Å². The molecule has 2 atom stereocenters. The normalized spacial score (nSPS) is 33.0. The minimum absolute atomic E-state index is 0.175. The Kier molecular flexibility index (Phi) is 3.30. The predicted octanol–water partition coefficient (Wildman–Crippen LogP) is -0.176. The van der Waals surface area contributed by atoms with Gasteiger partial charge in [0.05, 0.1) is 12.7 Å². The van der Waals surface area contributed by atoms with Gasteiger partial charge in [-0.15, -0.1) is 0 Å². The number of aliphatic hydroxyl groups excluding tert-OH is 2. The first-order chi connectivity index (χ1) is 5.27. The molecule has 0 amide bonds. The largest absolute Gasteiger partial charge is 0.395 e. The van der Waals surface area contributed by atoms with Crippen molar-refractivity contribution in [3.05, 3.63) is 0 Å². The quantitative estimate of drug-likeness (QED) is 0.600. The molecular weight excluding hydrogens is 142 g/mol. The van der Waals surface area contributed by atoms with Gasteiger partial charge >= 0.3 is 0 Å². The maximum absolute atomic E-state index is 9.30. The molecule has 0 spiro atoms. The van der Waals surface area contributed by atoms with Crippen LogP contribution in [0.25, 0.3) is 0 Å². The van der Waals surface area contributed by atoms with E-state index in [4.69, 9.17) is 5.11 Å². The second-order valence-electron chi connectivity index (χ2n) is 3.17. The molecule has 1 rings (SSSR count). The maximum Gasteiger partial charge on any atom is 0.0682 e. The number of nitrogens with zero attached hydrogens (tertiary/aromatic N) is 1. The van der Waals surface area contributed by atoms with Crippen LogP contribution in [0.5, 0.6) is 0 Å². The molecule has 3 nitrogen and oxygen atoms in total. The van der Waals surface area contributed by atoms with Crippen LogP contribution in [-0.4, -0.2) is 47.0 Å². The van der Waals surface area contributed by atoms with Crippen molar-refractivity contribution in [3.63, 3.8) is 0 Å². The molecule has 1 fully saturated rings. The number of rotatable bonds is 3. The SMILES string of the molecule is CCC1CC(O)CN1CCO. The van der Waals surface area contributed by atoms with Gasteiger partial charge in [-0.25, -0.2) is 0 Å². The Morgan fingerprint density at radius 3 is 2.82 bits per heavy atom. The molecule has 1 aliphatic heterocycles. The third kappa shape index (κ3) is 2.15. The van der Waals surface area contributed by atoms with Gasteiger partial charge in [-0.05, 0) is 12.8 Å². The van der Waals surface area contributed by atoms with Crippen LogP contribution >= 0.6 is 0 Å². The van der Waals surface area contributed by atoms with Crippen LogP contribution in [-0.2, 0) is 0 Å². The van der Waals surface area contributed by atoms with Crippen molar-refractivity contribution in [2.45, 2.75) is 31.9 Å².